The summed E-state index contributed by atoms with van der Waals surface area (Å²) in [7, 11) is -2.09. The number of amidine groups is 1. The number of benzene rings is 1. The number of fused-ring (bicyclic) bond motifs is 1. The molecule has 0 atom stereocenters. The fraction of sp³-hybridized carbons (Fsp3) is 0.136. The van der Waals surface area contributed by atoms with Crippen molar-refractivity contribution in [2.24, 2.45) is 7.05 Å². The monoisotopic (exact) mass is 525 g/mol. The van der Waals surface area contributed by atoms with E-state index < -0.39 is 10.0 Å². The highest BCUT2D eigenvalue weighted by atomic mass is 32.2. The number of anilines is 3. The van der Waals surface area contributed by atoms with Gasteiger partial charge in [0.15, 0.2) is 0 Å². The van der Waals surface area contributed by atoms with Crippen molar-refractivity contribution in [3.63, 3.8) is 0 Å². The summed E-state index contributed by atoms with van der Waals surface area (Å²) >= 11 is 2.47. The highest BCUT2D eigenvalue weighted by Crippen LogP contribution is 2.36. The summed E-state index contributed by atoms with van der Waals surface area (Å²) in [6, 6.07) is 13.9. The Morgan fingerprint density at radius 1 is 1.26 bits per heavy atom. The maximum absolute atomic E-state index is 13.0. The number of hydrogen-bond donors (Lipinski definition) is 3. The molecule has 0 saturated heterocycles. The molecule has 1 aromatic carbocycles. The molecule has 10 nitrogen and oxygen atoms in total. The third-order valence-electron chi connectivity index (χ3n) is 5.40. The Balaban J connectivity index is 1.35. The number of thiophene rings is 1. The van der Waals surface area contributed by atoms with E-state index in [1.54, 1.807) is 53.0 Å². The number of hydrogen-bond acceptors (Lipinski definition) is 9. The number of rotatable bonds is 6. The summed E-state index contributed by atoms with van der Waals surface area (Å²) in [6.07, 6.45) is 3.39. The van der Waals surface area contributed by atoms with Crippen LogP contribution >= 0.6 is 23.1 Å². The fourth-order valence-electron chi connectivity index (χ4n) is 3.75. The molecule has 0 spiro atoms. The van der Waals surface area contributed by atoms with Crippen molar-refractivity contribution in [2.75, 3.05) is 27.9 Å². The first-order chi connectivity index (χ1) is 16.8. The van der Waals surface area contributed by atoms with Crippen LogP contribution in [0.4, 0.5) is 17.3 Å². The predicted octanol–water partition coefficient (Wildman–Crippen LogP) is 4.35. The minimum Gasteiger partial charge on any atom is -0.448 e. The van der Waals surface area contributed by atoms with E-state index >= 15 is 0 Å². The molecule has 0 amide bonds. The minimum absolute atomic E-state index is 0.117. The van der Waals surface area contributed by atoms with Gasteiger partial charge in [-0.25, -0.2) is 8.42 Å². The third-order valence-corrected chi connectivity index (χ3v) is 9.22. The second kappa shape index (κ2) is 8.81. The zero-order valence-electron chi connectivity index (χ0n) is 18.6. The molecule has 5 rings (SSSR count). The van der Waals surface area contributed by atoms with Crippen molar-refractivity contribution in [1.29, 1.82) is 10.7 Å². The van der Waals surface area contributed by atoms with Crippen molar-refractivity contribution in [3.05, 3.63) is 59.9 Å². The van der Waals surface area contributed by atoms with Crippen LogP contribution in [0, 0.1) is 16.7 Å². The van der Waals surface area contributed by atoms with Gasteiger partial charge in [0.2, 0.25) is 5.88 Å². The van der Waals surface area contributed by atoms with Crippen LogP contribution in [0.15, 0.2) is 62.4 Å². The van der Waals surface area contributed by atoms with Gasteiger partial charge < -0.3 is 14.6 Å². The lowest BCUT2D eigenvalue weighted by atomic mass is 10.2. The van der Waals surface area contributed by atoms with Crippen LogP contribution in [0.2, 0.25) is 0 Å². The van der Waals surface area contributed by atoms with Crippen molar-refractivity contribution < 1.29 is 12.8 Å². The number of aromatic nitrogens is 2. The Bertz CT molecular complexity index is 1580. The number of nitriles is 1. The number of aryl methyl sites for hydroxylation is 1. The SMILES string of the molecule is CSc1c(C#N)c(-c2ccc(S(=O)(=O)Nc3ccc(N4CNc5occc5C4=N)cc3)s2)nn1C. The molecular formula is C22H19N7O3S3. The molecule has 4 aromatic rings. The molecule has 0 radical (unpaired) electrons. The molecule has 0 unspecified atom stereocenters. The summed E-state index contributed by atoms with van der Waals surface area (Å²) < 4.78 is 35.7. The zero-order chi connectivity index (χ0) is 24.7. The van der Waals surface area contributed by atoms with E-state index in [9.17, 15) is 13.7 Å². The van der Waals surface area contributed by atoms with E-state index in [0.29, 0.717) is 45.8 Å². The molecule has 0 aliphatic carbocycles. The van der Waals surface area contributed by atoms with Crippen molar-refractivity contribution in [2.45, 2.75) is 9.24 Å². The lowest BCUT2D eigenvalue weighted by molar-refractivity contribution is 0.577. The quantitative estimate of drug-likeness (QED) is 0.316. The van der Waals surface area contributed by atoms with Crippen LogP contribution in [0.1, 0.15) is 11.1 Å². The highest BCUT2D eigenvalue weighted by Gasteiger charge is 2.25. The zero-order valence-corrected chi connectivity index (χ0v) is 21.0. The average Bonchev–Trinajstić information content (AvgIpc) is 3.58. The largest absolute Gasteiger partial charge is 0.448 e. The van der Waals surface area contributed by atoms with Gasteiger partial charge in [-0.2, -0.15) is 10.4 Å². The number of nitrogens with zero attached hydrogens (tertiary/aromatic N) is 4. The van der Waals surface area contributed by atoms with Gasteiger partial charge in [-0.05, 0) is 48.7 Å². The second-order valence-electron chi connectivity index (χ2n) is 7.51. The van der Waals surface area contributed by atoms with Crippen molar-refractivity contribution in [3.8, 4) is 16.6 Å². The van der Waals surface area contributed by atoms with E-state index in [0.717, 1.165) is 22.1 Å². The Kier molecular flexibility index (Phi) is 5.79. The van der Waals surface area contributed by atoms with Crippen LogP contribution in [0.25, 0.3) is 10.6 Å². The Labute approximate surface area is 209 Å². The van der Waals surface area contributed by atoms with Gasteiger partial charge in [-0.15, -0.1) is 23.1 Å². The van der Waals surface area contributed by atoms with Gasteiger partial charge in [-0.3, -0.25) is 14.8 Å². The summed E-state index contributed by atoms with van der Waals surface area (Å²) in [5.41, 5.74) is 2.68. The van der Waals surface area contributed by atoms with Crippen LogP contribution in [-0.2, 0) is 17.1 Å². The van der Waals surface area contributed by atoms with E-state index in [1.165, 1.54) is 24.1 Å². The molecule has 0 bridgehead atoms. The van der Waals surface area contributed by atoms with Crippen LogP contribution in [0.3, 0.4) is 0 Å². The predicted molar refractivity (Wildman–Crippen MR) is 137 cm³/mol. The van der Waals surface area contributed by atoms with Crippen LogP contribution in [0.5, 0.6) is 0 Å². The fourth-order valence-corrected chi connectivity index (χ4v) is 6.76. The van der Waals surface area contributed by atoms with Gasteiger partial charge in [0.05, 0.1) is 23.4 Å². The molecule has 1 aliphatic heterocycles. The van der Waals surface area contributed by atoms with Gasteiger partial charge in [-0.1, -0.05) is 0 Å². The molecule has 1 aliphatic rings. The molecule has 35 heavy (non-hydrogen) atoms. The third kappa shape index (κ3) is 4.05. The number of nitrogens with one attached hydrogen (secondary N) is 3. The second-order valence-corrected chi connectivity index (χ2v) is 11.3. The van der Waals surface area contributed by atoms with Crippen molar-refractivity contribution in [1.82, 2.24) is 9.78 Å². The first-order valence-electron chi connectivity index (χ1n) is 10.2. The lowest BCUT2D eigenvalue weighted by Crippen LogP contribution is -2.39. The summed E-state index contributed by atoms with van der Waals surface area (Å²) in [5, 5.41) is 26.2. The Hall–Kier alpha value is -3.73. The molecule has 3 N–H and O–H groups in total. The van der Waals surface area contributed by atoms with Crippen molar-refractivity contribution >= 4 is 56.2 Å². The average molecular weight is 526 g/mol. The molecular weight excluding hydrogens is 506 g/mol. The van der Waals surface area contributed by atoms with E-state index in [2.05, 4.69) is 21.2 Å². The number of sulfonamides is 1. The topological polar surface area (TPSA) is 140 Å². The molecule has 4 heterocycles. The molecule has 13 heteroatoms. The van der Waals surface area contributed by atoms with E-state index in [4.69, 9.17) is 9.83 Å². The maximum atomic E-state index is 13.0. The highest BCUT2D eigenvalue weighted by molar-refractivity contribution is 7.98. The first-order valence-corrected chi connectivity index (χ1v) is 13.8. The Morgan fingerprint density at radius 3 is 2.74 bits per heavy atom. The number of thioether (sulfide) groups is 1. The first kappa shape index (κ1) is 23.0. The molecule has 178 valence electrons. The van der Waals surface area contributed by atoms with Gasteiger partial charge >= 0.3 is 0 Å². The summed E-state index contributed by atoms with van der Waals surface area (Å²) in [6.45, 7) is 0.360. The molecule has 0 fully saturated rings. The lowest BCUT2D eigenvalue weighted by Gasteiger charge is -2.29. The molecule has 0 saturated carbocycles. The van der Waals surface area contributed by atoms with E-state index in [-0.39, 0.29) is 4.21 Å². The number of furan rings is 1. The minimum atomic E-state index is -3.84. The normalized spacial score (nSPS) is 13.3. The Morgan fingerprint density at radius 2 is 2.03 bits per heavy atom. The summed E-state index contributed by atoms with van der Waals surface area (Å²) in [4.78, 5) is 2.35. The van der Waals surface area contributed by atoms with E-state index in [1.807, 2.05) is 6.26 Å². The van der Waals surface area contributed by atoms with Gasteiger partial charge in [0.1, 0.15) is 32.4 Å². The van der Waals surface area contributed by atoms with Gasteiger partial charge in [0, 0.05) is 18.4 Å². The smallest absolute Gasteiger partial charge is 0.271 e. The standard InChI is InChI=1S/C22H19N7O3S3/c1-28-22(33-2)16(11-23)19(26-28)17-7-8-18(34-17)35(30,31)27-13-3-5-14(6-4-13)29-12-25-21-15(20(29)24)9-10-32-21/h3-10,24-25,27H,12H2,1-2H3. The van der Waals surface area contributed by atoms with Crippen LogP contribution < -0.4 is 14.9 Å². The molecule has 3 aromatic heterocycles. The van der Waals surface area contributed by atoms with Crippen LogP contribution in [-0.4, -0.2) is 37.0 Å². The maximum Gasteiger partial charge on any atom is 0.271 e. The van der Waals surface area contributed by atoms with Gasteiger partial charge in [0.25, 0.3) is 10.0 Å². The summed E-state index contributed by atoms with van der Waals surface area (Å²) in [5.74, 6) is 0.853.